The predicted molar refractivity (Wildman–Crippen MR) is 76.1 cm³/mol. The number of hydrogen-bond acceptors (Lipinski definition) is 4. The molecule has 0 saturated carbocycles. The van der Waals surface area contributed by atoms with Crippen molar-refractivity contribution in [3.8, 4) is 5.69 Å². The molecule has 0 atom stereocenters. The van der Waals surface area contributed by atoms with Gasteiger partial charge in [0.2, 0.25) is 0 Å². The maximum absolute atomic E-state index is 12.0. The lowest BCUT2D eigenvalue weighted by Crippen LogP contribution is -2.25. The molecule has 1 amide bonds. The van der Waals surface area contributed by atoms with Gasteiger partial charge in [0.1, 0.15) is 18.4 Å². The van der Waals surface area contributed by atoms with E-state index in [4.69, 9.17) is 4.42 Å². The van der Waals surface area contributed by atoms with Gasteiger partial charge >= 0.3 is 0 Å². The van der Waals surface area contributed by atoms with Crippen LogP contribution in [0.2, 0.25) is 0 Å². The second kappa shape index (κ2) is 6.04. The van der Waals surface area contributed by atoms with Crippen molar-refractivity contribution in [2.75, 3.05) is 6.54 Å². The molecule has 0 radical (unpaired) electrons. The van der Waals surface area contributed by atoms with E-state index in [1.165, 1.54) is 6.33 Å². The summed E-state index contributed by atoms with van der Waals surface area (Å²) in [5.41, 5.74) is 1.47. The summed E-state index contributed by atoms with van der Waals surface area (Å²) in [5.74, 6) is 0.753. The number of aromatic nitrogens is 3. The van der Waals surface area contributed by atoms with Gasteiger partial charge in [-0.25, -0.2) is 9.67 Å². The molecule has 3 rings (SSSR count). The second-order valence-electron chi connectivity index (χ2n) is 4.47. The van der Waals surface area contributed by atoms with E-state index in [-0.39, 0.29) is 5.91 Å². The molecule has 0 saturated heterocycles. The molecule has 0 aliphatic carbocycles. The smallest absolute Gasteiger partial charge is 0.251 e. The molecule has 2 heterocycles. The minimum atomic E-state index is -0.105. The zero-order chi connectivity index (χ0) is 14.5. The van der Waals surface area contributed by atoms with Crippen LogP contribution in [0.5, 0.6) is 0 Å². The Balaban J connectivity index is 1.57. The molecule has 2 aromatic heterocycles. The molecule has 0 bridgehead atoms. The lowest BCUT2D eigenvalue weighted by molar-refractivity contribution is 0.0953. The summed E-state index contributed by atoms with van der Waals surface area (Å²) in [4.78, 5) is 15.9. The molecule has 6 heteroatoms. The minimum absolute atomic E-state index is 0.105. The number of nitrogens with zero attached hydrogens (tertiary/aromatic N) is 3. The van der Waals surface area contributed by atoms with Gasteiger partial charge in [0.05, 0.1) is 12.0 Å². The van der Waals surface area contributed by atoms with Crippen LogP contribution in [0.25, 0.3) is 5.69 Å². The highest BCUT2D eigenvalue weighted by Crippen LogP contribution is 2.08. The number of rotatable bonds is 5. The van der Waals surface area contributed by atoms with Crippen molar-refractivity contribution in [1.82, 2.24) is 20.1 Å². The van der Waals surface area contributed by atoms with E-state index in [0.29, 0.717) is 18.5 Å². The Morgan fingerprint density at radius 1 is 1.24 bits per heavy atom. The SMILES string of the molecule is O=C(NCCc1ccco1)c1ccc(-n2cncn2)cc1. The zero-order valence-corrected chi connectivity index (χ0v) is 11.3. The zero-order valence-electron chi connectivity index (χ0n) is 11.3. The quantitative estimate of drug-likeness (QED) is 0.775. The topological polar surface area (TPSA) is 73.0 Å². The van der Waals surface area contributed by atoms with Crippen LogP contribution in [0.3, 0.4) is 0 Å². The molecule has 0 aliphatic heterocycles. The van der Waals surface area contributed by atoms with Crippen molar-refractivity contribution in [1.29, 1.82) is 0 Å². The maximum atomic E-state index is 12.0. The molecule has 6 nitrogen and oxygen atoms in total. The van der Waals surface area contributed by atoms with Crippen LogP contribution >= 0.6 is 0 Å². The number of carbonyl (C=O) groups excluding carboxylic acids is 1. The van der Waals surface area contributed by atoms with Gasteiger partial charge in [0, 0.05) is 18.5 Å². The Morgan fingerprint density at radius 2 is 2.10 bits per heavy atom. The molecular weight excluding hydrogens is 268 g/mol. The highest BCUT2D eigenvalue weighted by molar-refractivity contribution is 5.94. The summed E-state index contributed by atoms with van der Waals surface area (Å²) in [5, 5.41) is 6.89. The van der Waals surface area contributed by atoms with Gasteiger partial charge in [0.25, 0.3) is 5.91 Å². The Labute approximate surface area is 121 Å². The Bertz CT molecular complexity index is 688. The first-order valence-electron chi connectivity index (χ1n) is 6.58. The van der Waals surface area contributed by atoms with Crippen LogP contribution in [-0.4, -0.2) is 27.2 Å². The fraction of sp³-hybridized carbons (Fsp3) is 0.133. The molecule has 1 aromatic carbocycles. The first-order chi connectivity index (χ1) is 10.3. The largest absolute Gasteiger partial charge is 0.469 e. The Morgan fingerprint density at radius 3 is 2.76 bits per heavy atom. The normalized spacial score (nSPS) is 10.5. The van der Waals surface area contributed by atoms with Gasteiger partial charge in [-0.2, -0.15) is 5.10 Å². The molecule has 106 valence electrons. The lowest BCUT2D eigenvalue weighted by Gasteiger charge is -2.05. The highest BCUT2D eigenvalue weighted by Gasteiger charge is 2.06. The van der Waals surface area contributed by atoms with Crippen LogP contribution in [0.1, 0.15) is 16.1 Å². The first kappa shape index (κ1) is 13.1. The van der Waals surface area contributed by atoms with Gasteiger partial charge in [-0.3, -0.25) is 4.79 Å². The fourth-order valence-electron chi connectivity index (χ4n) is 1.96. The third-order valence-electron chi connectivity index (χ3n) is 3.05. The molecule has 0 unspecified atom stereocenters. The van der Waals surface area contributed by atoms with Crippen molar-refractivity contribution < 1.29 is 9.21 Å². The maximum Gasteiger partial charge on any atom is 0.251 e. The third-order valence-corrected chi connectivity index (χ3v) is 3.05. The molecule has 3 aromatic rings. The van der Waals surface area contributed by atoms with E-state index in [1.54, 1.807) is 29.4 Å². The van der Waals surface area contributed by atoms with Crippen LogP contribution < -0.4 is 5.32 Å². The Hall–Kier alpha value is -2.89. The molecule has 0 spiro atoms. The van der Waals surface area contributed by atoms with E-state index in [0.717, 1.165) is 11.4 Å². The van der Waals surface area contributed by atoms with Gasteiger partial charge in [-0.05, 0) is 36.4 Å². The van der Waals surface area contributed by atoms with Crippen molar-refractivity contribution >= 4 is 5.91 Å². The second-order valence-corrected chi connectivity index (χ2v) is 4.47. The summed E-state index contributed by atoms with van der Waals surface area (Å²) in [6, 6.07) is 10.9. The molecule has 0 fully saturated rings. The van der Waals surface area contributed by atoms with E-state index in [2.05, 4.69) is 15.4 Å². The van der Waals surface area contributed by atoms with E-state index >= 15 is 0 Å². The predicted octanol–water partition coefficient (Wildman–Crippen LogP) is 1.83. The summed E-state index contributed by atoms with van der Waals surface area (Å²) in [7, 11) is 0. The van der Waals surface area contributed by atoms with E-state index in [9.17, 15) is 4.79 Å². The van der Waals surface area contributed by atoms with Crippen molar-refractivity contribution in [2.45, 2.75) is 6.42 Å². The first-order valence-corrected chi connectivity index (χ1v) is 6.58. The van der Waals surface area contributed by atoms with E-state index in [1.807, 2.05) is 24.3 Å². The van der Waals surface area contributed by atoms with E-state index < -0.39 is 0 Å². The standard InChI is InChI=1S/C15H14N4O2/c20-15(17-8-7-14-2-1-9-21-14)12-3-5-13(6-4-12)19-11-16-10-18-19/h1-6,9-11H,7-8H2,(H,17,20). The number of furan rings is 1. The van der Waals surface area contributed by atoms with Crippen LogP contribution in [0, 0.1) is 0 Å². The third kappa shape index (κ3) is 3.17. The molecule has 21 heavy (non-hydrogen) atoms. The molecule has 0 aliphatic rings. The van der Waals surface area contributed by atoms with Crippen LogP contribution in [0.15, 0.2) is 59.7 Å². The monoisotopic (exact) mass is 282 g/mol. The number of amides is 1. The number of nitrogens with one attached hydrogen (secondary N) is 1. The summed E-state index contributed by atoms with van der Waals surface area (Å²) in [6.45, 7) is 0.539. The number of hydrogen-bond donors (Lipinski definition) is 1. The average Bonchev–Trinajstić information content (AvgIpc) is 3.21. The van der Waals surface area contributed by atoms with Crippen molar-refractivity contribution in [3.05, 3.63) is 66.6 Å². The summed E-state index contributed by atoms with van der Waals surface area (Å²) in [6.07, 6.45) is 5.38. The van der Waals surface area contributed by atoms with Gasteiger partial charge in [0.15, 0.2) is 0 Å². The van der Waals surface area contributed by atoms with Crippen LogP contribution in [-0.2, 0) is 6.42 Å². The number of benzene rings is 1. The minimum Gasteiger partial charge on any atom is -0.469 e. The molecule has 1 N–H and O–H groups in total. The fourth-order valence-corrected chi connectivity index (χ4v) is 1.96. The Kier molecular flexibility index (Phi) is 3.77. The summed E-state index contributed by atoms with van der Waals surface area (Å²) < 4.78 is 6.85. The molecular formula is C15H14N4O2. The van der Waals surface area contributed by atoms with Crippen molar-refractivity contribution in [3.63, 3.8) is 0 Å². The average molecular weight is 282 g/mol. The highest BCUT2D eigenvalue weighted by atomic mass is 16.3. The van der Waals surface area contributed by atoms with Gasteiger partial charge < -0.3 is 9.73 Å². The van der Waals surface area contributed by atoms with Crippen molar-refractivity contribution in [2.24, 2.45) is 0 Å². The van der Waals surface area contributed by atoms with Crippen LogP contribution in [0.4, 0.5) is 0 Å². The van der Waals surface area contributed by atoms with Gasteiger partial charge in [-0.1, -0.05) is 0 Å². The summed E-state index contributed by atoms with van der Waals surface area (Å²) >= 11 is 0. The lowest BCUT2D eigenvalue weighted by atomic mass is 10.2. The van der Waals surface area contributed by atoms with Gasteiger partial charge in [-0.15, -0.1) is 0 Å². The number of carbonyl (C=O) groups is 1.